The van der Waals surface area contributed by atoms with E-state index in [0.29, 0.717) is 24.6 Å². The first-order valence-corrected chi connectivity index (χ1v) is 7.56. The van der Waals surface area contributed by atoms with Crippen molar-refractivity contribution in [2.45, 2.75) is 46.5 Å². The molecule has 0 spiro atoms. The third-order valence-electron chi connectivity index (χ3n) is 4.40. The molecule has 1 amide bonds. The zero-order valence-corrected chi connectivity index (χ0v) is 13.2. The van der Waals surface area contributed by atoms with Crippen molar-refractivity contribution in [2.75, 3.05) is 13.1 Å². The lowest BCUT2D eigenvalue weighted by Crippen LogP contribution is -2.41. The van der Waals surface area contributed by atoms with Gasteiger partial charge in [-0.1, -0.05) is 39.8 Å². The largest absolute Gasteiger partial charge is 0.351 e. The van der Waals surface area contributed by atoms with Crippen molar-refractivity contribution in [3.8, 4) is 0 Å². The van der Waals surface area contributed by atoms with E-state index < -0.39 is 0 Å². The number of carbonyl (C=O) groups excluding carboxylic acids is 1. The van der Waals surface area contributed by atoms with Crippen molar-refractivity contribution in [1.29, 1.82) is 0 Å². The second-order valence-electron chi connectivity index (χ2n) is 5.87. The third kappa shape index (κ3) is 4.07. The fourth-order valence-corrected chi connectivity index (χ4v) is 2.25. The number of amides is 1. The Hall–Kier alpha value is -1.35. The van der Waals surface area contributed by atoms with Crippen LogP contribution >= 0.6 is 0 Å². The Morgan fingerprint density at radius 3 is 2.15 bits per heavy atom. The minimum Gasteiger partial charge on any atom is -0.351 e. The molecule has 20 heavy (non-hydrogen) atoms. The van der Waals surface area contributed by atoms with Crippen molar-refractivity contribution in [3.63, 3.8) is 0 Å². The number of hydrogen-bond donors (Lipinski definition) is 2. The maximum Gasteiger partial charge on any atom is 0.251 e. The van der Waals surface area contributed by atoms with Crippen LogP contribution in [0.2, 0.25) is 0 Å². The lowest BCUT2D eigenvalue weighted by molar-refractivity contribution is 0.0928. The Balaban J connectivity index is 2.67. The number of rotatable bonds is 7. The van der Waals surface area contributed by atoms with Crippen LogP contribution in [0.1, 0.15) is 62.4 Å². The van der Waals surface area contributed by atoms with E-state index in [-0.39, 0.29) is 11.3 Å². The van der Waals surface area contributed by atoms with Crippen LogP contribution in [0.15, 0.2) is 24.3 Å². The molecular weight excluding hydrogens is 248 g/mol. The molecule has 3 N–H and O–H groups in total. The van der Waals surface area contributed by atoms with E-state index in [9.17, 15) is 4.79 Å². The Morgan fingerprint density at radius 2 is 1.75 bits per heavy atom. The zero-order valence-electron chi connectivity index (χ0n) is 13.2. The second-order valence-corrected chi connectivity index (χ2v) is 5.87. The molecule has 3 heteroatoms. The number of benzene rings is 1. The summed E-state index contributed by atoms with van der Waals surface area (Å²) in [5.41, 5.74) is 7.84. The molecule has 0 saturated carbocycles. The summed E-state index contributed by atoms with van der Waals surface area (Å²) in [5, 5.41) is 3.02. The molecule has 0 bridgehead atoms. The molecule has 0 unspecified atom stereocenters. The van der Waals surface area contributed by atoms with Gasteiger partial charge in [-0.05, 0) is 48.4 Å². The molecule has 0 heterocycles. The van der Waals surface area contributed by atoms with Gasteiger partial charge in [-0.25, -0.2) is 0 Å². The van der Waals surface area contributed by atoms with Crippen molar-refractivity contribution < 1.29 is 4.79 Å². The first-order chi connectivity index (χ1) is 9.48. The minimum atomic E-state index is -0.0139. The van der Waals surface area contributed by atoms with Gasteiger partial charge in [0.1, 0.15) is 0 Å². The quantitative estimate of drug-likeness (QED) is 0.803. The molecule has 0 aliphatic heterocycles. The lowest BCUT2D eigenvalue weighted by Gasteiger charge is -2.30. The molecule has 1 aromatic carbocycles. The fraction of sp³-hybridized carbons (Fsp3) is 0.588. The van der Waals surface area contributed by atoms with E-state index in [4.69, 9.17) is 5.73 Å². The maximum atomic E-state index is 12.2. The predicted octanol–water partition coefficient (Wildman–Crippen LogP) is 3.30. The zero-order chi connectivity index (χ0) is 15.2. The van der Waals surface area contributed by atoms with Crippen LogP contribution in [0.5, 0.6) is 0 Å². The van der Waals surface area contributed by atoms with Crippen LogP contribution in [0.3, 0.4) is 0 Å². The van der Waals surface area contributed by atoms with E-state index in [1.807, 2.05) is 24.3 Å². The SMILES string of the molecule is CCC(CC)(CN)CNC(=O)c1ccc(C(C)C)cc1. The summed E-state index contributed by atoms with van der Waals surface area (Å²) in [7, 11) is 0. The smallest absolute Gasteiger partial charge is 0.251 e. The molecule has 1 aromatic rings. The van der Waals surface area contributed by atoms with Gasteiger partial charge < -0.3 is 11.1 Å². The van der Waals surface area contributed by atoms with Gasteiger partial charge in [0.2, 0.25) is 0 Å². The van der Waals surface area contributed by atoms with E-state index in [1.54, 1.807) is 0 Å². The average Bonchev–Trinajstić information content (AvgIpc) is 2.49. The Kier molecular flexibility index (Phi) is 6.21. The van der Waals surface area contributed by atoms with E-state index in [0.717, 1.165) is 12.8 Å². The average molecular weight is 276 g/mol. The molecule has 0 saturated heterocycles. The fourth-order valence-electron chi connectivity index (χ4n) is 2.25. The first kappa shape index (κ1) is 16.7. The van der Waals surface area contributed by atoms with Crippen LogP contribution in [0, 0.1) is 5.41 Å². The van der Waals surface area contributed by atoms with E-state index >= 15 is 0 Å². The lowest BCUT2D eigenvalue weighted by atomic mass is 9.82. The number of hydrogen-bond acceptors (Lipinski definition) is 2. The highest BCUT2D eigenvalue weighted by Crippen LogP contribution is 2.23. The summed E-state index contributed by atoms with van der Waals surface area (Å²) in [4.78, 5) is 12.2. The normalized spacial score (nSPS) is 11.7. The van der Waals surface area contributed by atoms with Gasteiger partial charge in [0.05, 0.1) is 0 Å². The van der Waals surface area contributed by atoms with Crippen molar-refractivity contribution in [3.05, 3.63) is 35.4 Å². The van der Waals surface area contributed by atoms with Crippen LogP contribution < -0.4 is 11.1 Å². The van der Waals surface area contributed by atoms with Gasteiger partial charge in [-0.3, -0.25) is 4.79 Å². The summed E-state index contributed by atoms with van der Waals surface area (Å²) >= 11 is 0. The van der Waals surface area contributed by atoms with E-state index in [2.05, 4.69) is 33.0 Å². The summed E-state index contributed by atoms with van der Waals surface area (Å²) in [6.07, 6.45) is 1.96. The van der Waals surface area contributed by atoms with Gasteiger partial charge in [0, 0.05) is 12.1 Å². The Bertz CT molecular complexity index is 411. The highest BCUT2D eigenvalue weighted by molar-refractivity contribution is 5.94. The molecule has 3 nitrogen and oxygen atoms in total. The summed E-state index contributed by atoms with van der Waals surface area (Å²) < 4.78 is 0. The van der Waals surface area contributed by atoms with Crippen molar-refractivity contribution in [1.82, 2.24) is 5.32 Å². The Labute approximate surface area is 122 Å². The van der Waals surface area contributed by atoms with Gasteiger partial charge in [0.15, 0.2) is 0 Å². The second kappa shape index (κ2) is 7.44. The standard InChI is InChI=1S/C17H28N2O/c1-5-17(6-2,11-18)12-19-16(20)15-9-7-14(8-10-15)13(3)4/h7-10,13H,5-6,11-12,18H2,1-4H3,(H,19,20). The molecular formula is C17H28N2O. The number of carbonyl (C=O) groups is 1. The topological polar surface area (TPSA) is 55.1 Å². The van der Waals surface area contributed by atoms with Gasteiger partial charge in [-0.15, -0.1) is 0 Å². The molecule has 0 fully saturated rings. The molecule has 0 aliphatic carbocycles. The number of nitrogens with two attached hydrogens (primary N) is 1. The molecule has 0 aromatic heterocycles. The minimum absolute atomic E-state index is 0.0139. The maximum absolute atomic E-state index is 12.2. The first-order valence-electron chi connectivity index (χ1n) is 7.56. The van der Waals surface area contributed by atoms with E-state index in [1.165, 1.54) is 5.56 Å². The molecule has 0 atom stereocenters. The van der Waals surface area contributed by atoms with Gasteiger partial charge in [0.25, 0.3) is 5.91 Å². The molecule has 0 aliphatic rings. The van der Waals surface area contributed by atoms with Crippen LogP contribution in [0.25, 0.3) is 0 Å². The predicted molar refractivity (Wildman–Crippen MR) is 84.9 cm³/mol. The van der Waals surface area contributed by atoms with Crippen LogP contribution in [-0.2, 0) is 0 Å². The van der Waals surface area contributed by atoms with Crippen LogP contribution in [-0.4, -0.2) is 19.0 Å². The van der Waals surface area contributed by atoms with Crippen molar-refractivity contribution >= 4 is 5.91 Å². The van der Waals surface area contributed by atoms with Gasteiger partial charge >= 0.3 is 0 Å². The summed E-state index contributed by atoms with van der Waals surface area (Å²) in [5.74, 6) is 0.470. The Morgan fingerprint density at radius 1 is 1.20 bits per heavy atom. The summed E-state index contributed by atoms with van der Waals surface area (Å²) in [6, 6.07) is 7.84. The highest BCUT2D eigenvalue weighted by Gasteiger charge is 2.25. The van der Waals surface area contributed by atoms with Crippen molar-refractivity contribution in [2.24, 2.45) is 11.1 Å². The molecule has 1 rings (SSSR count). The molecule has 0 radical (unpaired) electrons. The van der Waals surface area contributed by atoms with Crippen LogP contribution in [0.4, 0.5) is 0 Å². The van der Waals surface area contributed by atoms with Gasteiger partial charge in [-0.2, -0.15) is 0 Å². The third-order valence-corrected chi connectivity index (χ3v) is 4.40. The summed E-state index contributed by atoms with van der Waals surface area (Å²) in [6.45, 7) is 9.79. The monoisotopic (exact) mass is 276 g/mol. The number of nitrogens with one attached hydrogen (secondary N) is 1. The highest BCUT2D eigenvalue weighted by atomic mass is 16.1. The molecule has 112 valence electrons.